The quantitative estimate of drug-likeness (QED) is 0.884. The maximum absolute atomic E-state index is 10.00. The van der Waals surface area contributed by atoms with Crippen molar-refractivity contribution >= 4 is 0 Å². The van der Waals surface area contributed by atoms with Gasteiger partial charge in [0, 0.05) is 30.2 Å². The molecule has 110 valence electrons. The second-order valence-electron chi connectivity index (χ2n) is 6.17. The number of hydrogen-bond donors (Lipinski definition) is 2. The van der Waals surface area contributed by atoms with E-state index >= 15 is 0 Å². The molecule has 4 heteroatoms. The molecule has 0 radical (unpaired) electrons. The number of hydrogen-bond acceptors (Lipinski definition) is 4. The van der Waals surface area contributed by atoms with E-state index < -0.39 is 0 Å². The molecule has 2 saturated heterocycles. The molecule has 2 aliphatic heterocycles. The summed E-state index contributed by atoms with van der Waals surface area (Å²) in [6.07, 6.45) is 5.08. The Bertz CT molecular complexity index is 466. The van der Waals surface area contributed by atoms with E-state index in [1.165, 1.54) is 25.7 Å². The van der Waals surface area contributed by atoms with Gasteiger partial charge in [0.2, 0.25) is 0 Å². The Morgan fingerprint density at radius 3 is 2.65 bits per heavy atom. The zero-order valence-electron chi connectivity index (χ0n) is 12.3. The normalized spacial score (nSPS) is 28.9. The second kappa shape index (κ2) is 5.62. The molecule has 2 atom stereocenters. The molecule has 2 heterocycles. The first kappa shape index (κ1) is 13.7. The van der Waals surface area contributed by atoms with E-state index in [1.807, 2.05) is 6.07 Å². The Labute approximate surface area is 120 Å². The van der Waals surface area contributed by atoms with Gasteiger partial charge in [-0.15, -0.1) is 0 Å². The van der Waals surface area contributed by atoms with Gasteiger partial charge in [0.05, 0.1) is 7.11 Å². The molecule has 0 aromatic heterocycles. The van der Waals surface area contributed by atoms with Crippen LogP contribution in [0.5, 0.6) is 11.5 Å². The van der Waals surface area contributed by atoms with Crippen molar-refractivity contribution in [3.05, 3.63) is 23.8 Å². The van der Waals surface area contributed by atoms with Crippen LogP contribution >= 0.6 is 0 Å². The van der Waals surface area contributed by atoms with Crippen molar-refractivity contribution in [2.24, 2.45) is 0 Å². The Morgan fingerprint density at radius 2 is 2.00 bits per heavy atom. The number of fused-ring (bicyclic) bond motifs is 2. The van der Waals surface area contributed by atoms with Crippen molar-refractivity contribution in [2.45, 2.75) is 50.4 Å². The lowest BCUT2D eigenvalue weighted by molar-refractivity contribution is 0.164. The van der Waals surface area contributed by atoms with Crippen LogP contribution in [0.4, 0.5) is 0 Å². The summed E-state index contributed by atoms with van der Waals surface area (Å²) >= 11 is 0. The lowest BCUT2D eigenvalue weighted by atomic mass is 9.98. The van der Waals surface area contributed by atoms with Gasteiger partial charge in [-0.1, -0.05) is 0 Å². The van der Waals surface area contributed by atoms with Crippen LogP contribution in [0.15, 0.2) is 18.2 Å². The standard InChI is InChI=1S/C16H24N2O2/c1-18(14-8-12-3-4-13(9-14)17-12)10-11-7-15(20-2)5-6-16(11)19/h5-7,12-14,17,19H,3-4,8-10H2,1-2H3. The summed E-state index contributed by atoms with van der Waals surface area (Å²) in [5, 5.41) is 13.7. The van der Waals surface area contributed by atoms with E-state index in [-0.39, 0.29) is 0 Å². The van der Waals surface area contributed by atoms with Gasteiger partial charge in [-0.2, -0.15) is 0 Å². The first-order valence-corrected chi connectivity index (χ1v) is 7.48. The largest absolute Gasteiger partial charge is 0.508 e. The predicted octanol–water partition coefficient (Wildman–Crippen LogP) is 2.12. The van der Waals surface area contributed by atoms with Gasteiger partial charge in [0.25, 0.3) is 0 Å². The zero-order chi connectivity index (χ0) is 14.1. The molecule has 1 aromatic carbocycles. The fourth-order valence-electron chi connectivity index (χ4n) is 3.60. The van der Waals surface area contributed by atoms with E-state index in [1.54, 1.807) is 19.2 Å². The fraction of sp³-hybridized carbons (Fsp3) is 0.625. The summed E-state index contributed by atoms with van der Waals surface area (Å²) in [4.78, 5) is 2.38. The molecule has 0 saturated carbocycles. The Hall–Kier alpha value is -1.26. The number of phenols is 1. The summed E-state index contributed by atoms with van der Waals surface area (Å²) in [5.41, 5.74) is 0.942. The summed E-state index contributed by atoms with van der Waals surface area (Å²) in [6, 6.07) is 7.44. The number of benzene rings is 1. The molecule has 2 N–H and O–H groups in total. The number of ether oxygens (including phenoxy) is 1. The van der Waals surface area contributed by atoms with E-state index in [0.717, 1.165) is 17.9 Å². The number of aromatic hydroxyl groups is 1. The Kier molecular flexibility index (Phi) is 3.85. The van der Waals surface area contributed by atoms with Crippen molar-refractivity contribution in [1.82, 2.24) is 10.2 Å². The van der Waals surface area contributed by atoms with Crippen molar-refractivity contribution in [1.29, 1.82) is 0 Å². The lowest BCUT2D eigenvalue weighted by Gasteiger charge is -2.35. The van der Waals surface area contributed by atoms with E-state index in [4.69, 9.17) is 4.74 Å². The molecule has 1 aromatic rings. The average Bonchev–Trinajstić information content (AvgIpc) is 2.79. The van der Waals surface area contributed by atoms with Crippen LogP contribution < -0.4 is 10.1 Å². The van der Waals surface area contributed by atoms with Crippen LogP contribution in [0.25, 0.3) is 0 Å². The van der Waals surface area contributed by atoms with Crippen LogP contribution in [-0.4, -0.2) is 42.3 Å². The van der Waals surface area contributed by atoms with E-state index in [0.29, 0.717) is 23.9 Å². The molecule has 2 unspecified atom stereocenters. The van der Waals surface area contributed by atoms with Crippen molar-refractivity contribution < 1.29 is 9.84 Å². The molecule has 3 rings (SSSR count). The fourth-order valence-corrected chi connectivity index (χ4v) is 3.60. The van der Waals surface area contributed by atoms with Gasteiger partial charge < -0.3 is 15.2 Å². The number of methoxy groups -OCH3 is 1. The minimum atomic E-state index is 0.356. The molecule has 2 aliphatic rings. The first-order valence-electron chi connectivity index (χ1n) is 7.48. The maximum Gasteiger partial charge on any atom is 0.120 e. The van der Waals surface area contributed by atoms with Crippen LogP contribution in [0.1, 0.15) is 31.2 Å². The van der Waals surface area contributed by atoms with Crippen molar-refractivity contribution in [3.63, 3.8) is 0 Å². The van der Waals surface area contributed by atoms with Gasteiger partial charge in [0.15, 0.2) is 0 Å². The third-order valence-electron chi connectivity index (χ3n) is 4.78. The van der Waals surface area contributed by atoms with Crippen molar-refractivity contribution in [3.8, 4) is 11.5 Å². The number of nitrogens with one attached hydrogen (secondary N) is 1. The number of nitrogens with zero attached hydrogens (tertiary/aromatic N) is 1. The lowest BCUT2D eigenvalue weighted by Crippen LogP contribution is -2.46. The van der Waals surface area contributed by atoms with Gasteiger partial charge in [-0.05, 0) is 50.9 Å². The monoisotopic (exact) mass is 276 g/mol. The molecule has 0 amide bonds. The topological polar surface area (TPSA) is 44.7 Å². The van der Waals surface area contributed by atoms with Gasteiger partial charge in [-0.25, -0.2) is 0 Å². The molecule has 0 aliphatic carbocycles. The highest BCUT2D eigenvalue weighted by Crippen LogP contribution is 2.31. The third kappa shape index (κ3) is 2.76. The van der Waals surface area contributed by atoms with Gasteiger partial charge in [-0.3, -0.25) is 4.90 Å². The van der Waals surface area contributed by atoms with E-state index in [2.05, 4.69) is 17.3 Å². The highest BCUT2D eigenvalue weighted by molar-refractivity contribution is 5.39. The summed E-state index contributed by atoms with van der Waals surface area (Å²) < 4.78 is 5.24. The Morgan fingerprint density at radius 1 is 1.30 bits per heavy atom. The van der Waals surface area contributed by atoms with Crippen LogP contribution in [0.3, 0.4) is 0 Å². The molecule has 4 nitrogen and oxygen atoms in total. The van der Waals surface area contributed by atoms with E-state index in [9.17, 15) is 5.11 Å². The van der Waals surface area contributed by atoms with Crippen LogP contribution in [-0.2, 0) is 6.54 Å². The predicted molar refractivity (Wildman–Crippen MR) is 79.1 cm³/mol. The second-order valence-corrected chi connectivity index (χ2v) is 6.17. The zero-order valence-corrected chi connectivity index (χ0v) is 12.3. The third-order valence-corrected chi connectivity index (χ3v) is 4.78. The van der Waals surface area contributed by atoms with Crippen molar-refractivity contribution in [2.75, 3.05) is 14.2 Å². The smallest absolute Gasteiger partial charge is 0.120 e. The number of phenolic OH excluding ortho intramolecular Hbond substituents is 1. The first-order chi connectivity index (χ1) is 9.65. The maximum atomic E-state index is 10.00. The van der Waals surface area contributed by atoms with Gasteiger partial charge >= 0.3 is 0 Å². The number of piperidine rings is 1. The number of rotatable bonds is 4. The minimum absolute atomic E-state index is 0.356. The molecule has 0 spiro atoms. The molecule has 20 heavy (non-hydrogen) atoms. The average molecular weight is 276 g/mol. The summed E-state index contributed by atoms with van der Waals surface area (Å²) in [5.74, 6) is 1.16. The molecular formula is C16H24N2O2. The minimum Gasteiger partial charge on any atom is -0.508 e. The highest BCUT2D eigenvalue weighted by atomic mass is 16.5. The summed E-state index contributed by atoms with van der Waals surface area (Å²) in [7, 11) is 3.82. The molecule has 2 bridgehead atoms. The highest BCUT2D eigenvalue weighted by Gasteiger charge is 2.35. The van der Waals surface area contributed by atoms with Crippen LogP contribution in [0, 0.1) is 0 Å². The molecular weight excluding hydrogens is 252 g/mol. The summed E-state index contributed by atoms with van der Waals surface area (Å²) in [6.45, 7) is 0.771. The molecule has 2 fully saturated rings. The van der Waals surface area contributed by atoms with Crippen LogP contribution in [0.2, 0.25) is 0 Å². The van der Waals surface area contributed by atoms with Gasteiger partial charge in [0.1, 0.15) is 11.5 Å². The SMILES string of the molecule is COc1ccc(O)c(CN(C)C2CC3CCC(C2)N3)c1. The Balaban J connectivity index is 1.68.